The smallest absolute Gasteiger partial charge is 0.212 e. The molecule has 1 aliphatic heterocycles. The molecule has 0 N–H and O–H groups in total. The lowest BCUT2D eigenvalue weighted by atomic mass is 10.1. The molecule has 0 spiro atoms. The minimum Gasteiger partial charge on any atom is -0.464 e. The van der Waals surface area contributed by atoms with Crippen molar-refractivity contribution in [1.29, 1.82) is 0 Å². The molecule has 26 heavy (non-hydrogen) atoms. The van der Waals surface area contributed by atoms with Crippen LogP contribution in [0, 0.1) is 5.82 Å². The number of nitrogens with zero attached hydrogens (tertiary/aromatic N) is 1. The third-order valence-corrected chi connectivity index (χ3v) is 6.60. The minimum absolute atomic E-state index is 0.319. The van der Waals surface area contributed by atoms with E-state index in [0.717, 1.165) is 25.9 Å². The Morgan fingerprint density at radius 1 is 1.04 bits per heavy atom. The van der Waals surface area contributed by atoms with Gasteiger partial charge in [0.15, 0.2) is 0 Å². The van der Waals surface area contributed by atoms with Crippen LogP contribution in [0.1, 0.15) is 11.1 Å². The lowest BCUT2D eigenvalue weighted by molar-refractivity contribution is 0.176. The van der Waals surface area contributed by atoms with Crippen LogP contribution in [0.25, 0.3) is 22.2 Å². The summed E-state index contributed by atoms with van der Waals surface area (Å²) in [5, 5.41) is 1.01. The van der Waals surface area contributed by atoms with Crippen molar-refractivity contribution in [2.75, 3.05) is 0 Å². The summed E-state index contributed by atoms with van der Waals surface area (Å²) in [6, 6.07) is 15.1. The quantitative estimate of drug-likeness (QED) is 0.255. The van der Waals surface area contributed by atoms with E-state index in [-0.39, 0.29) is 5.82 Å². The summed E-state index contributed by atoms with van der Waals surface area (Å²) in [7, 11) is 0. The van der Waals surface area contributed by atoms with Gasteiger partial charge in [-0.1, -0.05) is 43.5 Å². The molecule has 3 heterocycles. The molecule has 0 saturated heterocycles. The number of aromatic nitrogens is 1. The van der Waals surface area contributed by atoms with E-state index >= 15 is 0 Å². The highest BCUT2D eigenvalue weighted by atomic mass is 79.9. The maximum Gasteiger partial charge on any atom is 0.212 e. The molecule has 1 unspecified atom stereocenters. The van der Waals surface area contributed by atoms with Gasteiger partial charge >= 0.3 is 0 Å². The number of benzene rings is 2. The Bertz CT molecular complexity index is 1190. The fraction of sp³-hybridized carbons (Fsp3) is 0.0526. The van der Waals surface area contributed by atoms with Crippen molar-refractivity contribution in [1.82, 2.24) is 4.57 Å². The summed E-state index contributed by atoms with van der Waals surface area (Å²) in [6.45, 7) is 0. The van der Waals surface area contributed by atoms with Gasteiger partial charge in [0.25, 0.3) is 0 Å². The van der Waals surface area contributed by atoms with Crippen molar-refractivity contribution in [2.45, 2.75) is 6.23 Å². The second kappa shape index (κ2) is 6.09. The SMILES string of the molecule is Fc1cc(Br)cc2c1-c1cc3cc(Br)ccc3n1C(c1ccc(Cl)s1)O2. The third kappa shape index (κ3) is 2.54. The highest BCUT2D eigenvalue weighted by Gasteiger charge is 2.32. The standard InChI is InChI=1S/C19H9Br2ClFNOS/c20-10-1-2-13-9(5-10)6-14-18-12(23)7-11(21)8-15(18)25-19(24(13)14)16-3-4-17(22)26-16/h1-8,19H. The zero-order valence-corrected chi connectivity index (χ0v) is 17.7. The van der Waals surface area contributed by atoms with E-state index in [9.17, 15) is 4.39 Å². The molecule has 2 nitrogen and oxygen atoms in total. The zero-order chi connectivity index (χ0) is 18.0. The topological polar surface area (TPSA) is 14.2 Å². The molecular weight excluding hydrogens is 505 g/mol. The molecule has 0 fully saturated rings. The van der Waals surface area contributed by atoms with Crippen molar-refractivity contribution >= 4 is 65.7 Å². The summed E-state index contributed by atoms with van der Waals surface area (Å²) in [4.78, 5) is 0.961. The predicted octanol–water partition coefficient (Wildman–Crippen LogP) is 7.63. The monoisotopic (exact) mass is 511 g/mol. The number of rotatable bonds is 1. The number of fused-ring (bicyclic) bond motifs is 5. The molecule has 0 radical (unpaired) electrons. The first-order valence-electron chi connectivity index (χ1n) is 7.73. The number of ether oxygens (including phenoxy) is 1. The molecule has 1 atom stereocenters. The summed E-state index contributed by atoms with van der Waals surface area (Å²) in [6.07, 6.45) is -0.401. The van der Waals surface area contributed by atoms with Crippen LogP contribution in [0.5, 0.6) is 5.75 Å². The van der Waals surface area contributed by atoms with Crippen LogP contribution in [0.2, 0.25) is 4.34 Å². The molecule has 2 aromatic carbocycles. The average molecular weight is 514 g/mol. The van der Waals surface area contributed by atoms with E-state index in [1.54, 1.807) is 6.07 Å². The summed E-state index contributed by atoms with van der Waals surface area (Å²) in [5.41, 5.74) is 2.24. The Morgan fingerprint density at radius 2 is 1.88 bits per heavy atom. The number of thiophene rings is 1. The maximum atomic E-state index is 14.8. The first-order valence-corrected chi connectivity index (χ1v) is 10.5. The van der Waals surface area contributed by atoms with Crippen molar-refractivity contribution in [3.63, 3.8) is 0 Å². The van der Waals surface area contributed by atoms with Gasteiger partial charge in [-0.15, -0.1) is 11.3 Å². The van der Waals surface area contributed by atoms with E-state index in [1.165, 1.54) is 17.4 Å². The molecule has 4 aromatic rings. The fourth-order valence-corrected chi connectivity index (χ4v) is 5.23. The lowest BCUT2D eigenvalue weighted by Crippen LogP contribution is -2.21. The Kier molecular flexibility index (Phi) is 3.94. The zero-order valence-electron chi connectivity index (χ0n) is 13.0. The second-order valence-electron chi connectivity index (χ2n) is 5.98. The molecule has 5 rings (SSSR count). The van der Waals surface area contributed by atoms with Crippen LogP contribution in [0.4, 0.5) is 4.39 Å². The van der Waals surface area contributed by atoms with Gasteiger partial charge < -0.3 is 4.74 Å². The normalized spacial score (nSPS) is 15.6. The number of hydrogen-bond donors (Lipinski definition) is 0. The second-order valence-corrected chi connectivity index (χ2v) is 9.55. The van der Waals surface area contributed by atoms with Gasteiger partial charge in [-0.05, 0) is 48.5 Å². The van der Waals surface area contributed by atoms with Gasteiger partial charge in [-0.2, -0.15) is 0 Å². The average Bonchev–Trinajstić information content (AvgIpc) is 3.16. The molecule has 0 aliphatic carbocycles. The molecule has 0 bridgehead atoms. The third-order valence-electron chi connectivity index (χ3n) is 4.39. The first kappa shape index (κ1) is 16.8. The Labute approximate surface area is 174 Å². The molecular formula is C19H9Br2ClFNOS. The fourth-order valence-electron chi connectivity index (χ4n) is 3.36. The van der Waals surface area contributed by atoms with Crippen molar-refractivity contribution < 1.29 is 9.13 Å². The van der Waals surface area contributed by atoms with E-state index in [4.69, 9.17) is 16.3 Å². The molecule has 2 aromatic heterocycles. The maximum absolute atomic E-state index is 14.8. The van der Waals surface area contributed by atoms with Crippen molar-refractivity contribution in [2.24, 2.45) is 0 Å². The van der Waals surface area contributed by atoms with Crippen LogP contribution in [0.15, 0.2) is 57.5 Å². The van der Waals surface area contributed by atoms with E-state index < -0.39 is 6.23 Å². The van der Waals surface area contributed by atoms with Crippen molar-refractivity contribution in [3.8, 4) is 17.0 Å². The van der Waals surface area contributed by atoms with Crippen LogP contribution in [-0.4, -0.2) is 4.57 Å². The van der Waals surface area contributed by atoms with Crippen LogP contribution in [-0.2, 0) is 0 Å². The Hall–Kier alpha value is -1.34. The largest absolute Gasteiger partial charge is 0.464 e. The number of hydrogen-bond acceptors (Lipinski definition) is 2. The Morgan fingerprint density at radius 3 is 2.65 bits per heavy atom. The highest BCUT2D eigenvalue weighted by molar-refractivity contribution is 9.10. The van der Waals surface area contributed by atoms with Gasteiger partial charge in [0.2, 0.25) is 6.23 Å². The summed E-state index contributed by atoms with van der Waals surface area (Å²) in [5.74, 6) is 0.195. The minimum atomic E-state index is -0.401. The van der Waals surface area contributed by atoms with Gasteiger partial charge in [0.1, 0.15) is 11.6 Å². The highest BCUT2D eigenvalue weighted by Crippen LogP contribution is 2.47. The first-order chi connectivity index (χ1) is 12.5. The summed E-state index contributed by atoms with van der Waals surface area (Å²) < 4.78 is 25.4. The molecule has 0 saturated carbocycles. The van der Waals surface area contributed by atoms with E-state index in [1.807, 2.05) is 41.0 Å². The molecule has 130 valence electrons. The van der Waals surface area contributed by atoms with E-state index in [2.05, 4.69) is 31.9 Å². The number of halogens is 4. The molecule has 1 aliphatic rings. The molecule has 0 amide bonds. The van der Waals surface area contributed by atoms with E-state index in [0.29, 0.717) is 20.1 Å². The Balaban J connectivity index is 1.86. The van der Waals surface area contributed by atoms with Crippen molar-refractivity contribution in [3.05, 3.63) is 72.5 Å². The summed E-state index contributed by atoms with van der Waals surface area (Å²) >= 11 is 14.5. The molecule has 7 heteroatoms. The van der Waals surface area contributed by atoms with Crippen LogP contribution >= 0.6 is 54.8 Å². The van der Waals surface area contributed by atoms with Gasteiger partial charge in [0, 0.05) is 14.3 Å². The van der Waals surface area contributed by atoms with Gasteiger partial charge in [-0.25, -0.2) is 4.39 Å². The lowest BCUT2D eigenvalue weighted by Gasteiger charge is -2.29. The van der Waals surface area contributed by atoms with Gasteiger partial charge in [-0.3, -0.25) is 4.57 Å². The predicted molar refractivity (Wildman–Crippen MR) is 111 cm³/mol. The van der Waals surface area contributed by atoms with Crippen LogP contribution < -0.4 is 4.74 Å². The van der Waals surface area contributed by atoms with Gasteiger partial charge in [0.05, 0.1) is 26.0 Å². The van der Waals surface area contributed by atoms with Crippen LogP contribution in [0.3, 0.4) is 0 Å².